The van der Waals surface area contributed by atoms with Crippen LogP contribution in [0.15, 0.2) is 18.2 Å². The third-order valence-electron chi connectivity index (χ3n) is 4.24. The van der Waals surface area contributed by atoms with Gasteiger partial charge in [0.2, 0.25) is 5.91 Å². The molecule has 2 rings (SSSR count). The van der Waals surface area contributed by atoms with E-state index in [1.165, 1.54) is 13.2 Å². The van der Waals surface area contributed by atoms with Crippen LogP contribution in [0.1, 0.15) is 31.2 Å². The van der Waals surface area contributed by atoms with Crippen molar-refractivity contribution in [3.8, 4) is 5.75 Å². The van der Waals surface area contributed by atoms with E-state index in [0.717, 1.165) is 0 Å². The van der Waals surface area contributed by atoms with E-state index in [9.17, 15) is 23.1 Å². The molecular weight excluding hydrogens is 311 g/mol. The summed E-state index contributed by atoms with van der Waals surface area (Å²) in [4.78, 5) is 12.3. The maximum Gasteiger partial charge on any atom is 0.392 e. The van der Waals surface area contributed by atoms with Crippen LogP contribution < -0.4 is 10.1 Å². The second kappa shape index (κ2) is 7.21. The summed E-state index contributed by atoms with van der Waals surface area (Å²) < 4.78 is 44.3. The summed E-state index contributed by atoms with van der Waals surface area (Å²) in [5.74, 6) is -2.83. The first-order valence-corrected chi connectivity index (χ1v) is 7.52. The van der Waals surface area contributed by atoms with Crippen molar-refractivity contribution < 1.29 is 27.8 Å². The van der Waals surface area contributed by atoms with E-state index in [1.807, 2.05) is 0 Å². The third-order valence-corrected chi connectivity index (χ3v) is 4.24. The quantitative estimate of drug-likeness (QED) is 0.888. The summed E-state index contributed by atoms with van der Waals surface area (Å²) in [6, 6.07) is 4.60. The van der Waals surface area contributed by atoms with Crippen LogP contribution in [-0.2, 0) is 11.4 Å². The van der Waals surface area contributed by atoms with Crippen LogP contribution in [0.3, 0.4) is 0 Å². The van der Waals surface area contributed by atoms with E-state index in [-0.39, 0.29) is 19.4 Å². The van der Waals surface area contributed by atoms with Crippen molar-refractivity contribution in [1.82, 2.24) is 0 Å². The van der Waals surface area contributed by atoms with Gasteiger partial charge in [0.15, 0.2) is 0 Å². The van der Waals surface area contributed by atoms with Gasteiger partial charge in [0.05, 0.1) is 19.6 Å². The Labute approximate surface area is 132 Å². The van der Waals surface area contributed by atoms with Gasteiger partial charge in [-0.25, -0.2) is 0 Å². The highest BCUT2D eigenvalue weighted by Crippen LogP contribution is 2.42. The van der Waals surface area contributed by atoms with Crippen molar-refractivity contribution in [3.63, 3.8) is 0 Å². The van der Waals surface area contributed by atoms with Crippen molar-refractivity contribution in [3.05, 3.63) is 23.8 Å². The molecule has 0 aliphatic heterocycles. The second-order valence-corrected chi connectivity index (χ2v) is 5.71. The molecule has 1 fully saturated rings. The Balaban J connectivity index is 2.14. The molecular formula is C16H20F3NO3. The average Bonchev–Trinajstić information content (AvgIpc) is 2.53. The number of hydrogen-bond acceptors (Lipinski definition) is 3. The summed E-state index contributed by atoms with van der Waals surface area (Å²) in [6.07, 6.45) is -3.02. The number of ether oxygens (including phenoxy) is 1. The standard InChI is InChI=1S/C16H20F3NO3/c1-23-14-7-6-11(8-10(14)9-21)20-15(22)12-4-2-3-5-13(12)16(17,18)19/h6-8,12-13,21H,2-5,9H2,1H3,(H,20,22). The van der Waals surface area contributed by atoms with Crippen LogP contribution in [0.4, 0.5) is 18.9 Å². The highest BCUT2D eigenvalue weighted by atomic mass is 19.4. The fourth-order valence-electron chi connectivity index (χ4n) is 3.05. The molecule has 0 bridgehead atoms. The molecule has 1 amide bonds. The van der Waals surface area contributed by atoms with Gasteiger partial charge in [0, 0.05) is 17.2 Å². The number of anilines is 1. The van der Waals surface area contributed by atoms with Crippen LogP contribution in [0.5, 0.6) is 5.75 Å². The van der Waals surface area contributed by atoms with E-state index >= 15 is 0 Å². The molecule has 1 saturated carbocycles. The van der Waals surface area contributed by atoms with Gasteiger partial charge in [0.1, 0.15) is 5.75 Å². The van der Waals surface area contributed by atoms with Crippen molar-refractivity contribution in [2.45, 2.75) is 38.5 Å². The zero-order valence-electron chi connectivity index (χ0n) is 12.8. The largest absolute Gasteiger partial charge is 0.496 e. The predicted molar refractivity (Wildman–Crippen MR) is 79.0 cm³/mol. The molecule has 0 heterocycles. The molecule has 1 aliphatic rings. The fourth-order valence-corrected chi connectivity index (χ4v) is 3.05. The van der Waals surface area contributed by atoms with E-state index < -0.39 is 23.9 Å². The minimum absolute atomic E-state index is 0.00785. The van der Waals surface area contributed by atoms with E-state index in [0.29, 0.717) is 29.8 Å². The first-order chi connectivity index (χ1) is 10.9. The molecule has 0 aromatic heterocycles. The molecule has 1 aliphatic carbocycles. The molecule has 2 N–H and O–H groups in total. The van der Waals surface area contributed by atoms with Crippen LogP contribution in [-0.4, -0.2) is 24.3 Å². The van der Waals surface area contributed by atoms with Crippen LogP contribution >= 0.6 is 0 Å². The lowest BCUT2D eigenvalue weighted by molar-refractivity contribution is -0.197. The number of rotatable bonds is 4. The van der Waals surface area contributed by atoms with Gasteiger partial charge in [-0.15, -0.1) is 0 Å². The molecule has 1 aromatic rings. The Morgan fingerprint density at radius 1 is 1.35 bits per heavy atom. The minimum Gasteiger partial charge on any atom is -0.496 e. The number of aliphatic hydroxyl groups is 1. The van der Waals surface area contributed by atoms with E-state index in [1.54, 1.807) is 12.1 Å². The normalized spacial score (nSPS) is 21.8. The van der Waals surface area contributed by atoms with Crippen LogP contribution in [0.25, 0.3) is 0 Å². The number of carbonyl (C=O) groups is 1. The van der Waals surface area contributed by atoms with Crippen molar-refractivity contribution >= 4 is 11.6 Å². The zero-order valence-corrected chi connectivity index (χ0v) is 12.8. The van der Waals surface area contributed by atoms with Crippen molar-refractivity contribution in [1.29, 1.82) is 0 Å². The summed E-state index contributed by atoms with van der Waals surface area (Å²) in [6.45, 7) is -0.290. The average molecular weight is 331 g/mol. The number of amides is 1. The number of carbonyl (C=O) groups excluding carboxylic acids is 1. The Hall–Kier alpha value is -1.76. The van der Waals surface area contributed by atoms with E-state index in [4.69, 9.17) is 4.74 Å². The van der Waals surface area contributed by atoms with Crippen LogP contribution in [0.2, 0.25) is 0 Å². The monoisotopic (exact) mass is 331 g/mol. The lowest BCUT2D eigenvalue weighted by Gasteiger charge is -2.32. The Kier molecular flexibility index (Phi) is 5.51. The molecule has 4 nitrogen and oxygen atoms in total. The summed E-state index contributed by atoms with van der Waals surface area (Å²) in [5, 5.41) is 11.8. The summed E-state index contributed by atoms with van der Waals surface area (Å²) >= 11 is 0. The number of benzene rings is 1. The van der Waals surface area contributed by atoms with Gasteiger partial charge in [0.25, 0.3) is 0 Å². The molecule has 0 spiro atoms. The molecule has 1 aromatic carbocycles. The number of methoxy groups -OCH3 is 1. The Morgan fingerprint density at radius 3 is 2.65 bits per heavy atom. The smallest absolute Gasteiger partial charge is 0.392 e. The molecule has 0 radical (unpaired) electrons. The lowest BCUT2D eigenvalue weighted by atomic mass is 9.78. The van der Waals surface area contributed by atoms with Gasteiger partial charge >= 0.3 is 6.18 Å². The topological polar surface area (TPSA) is 58.6 Å². The van der Waals surface area contributed by atoms with Crippen molar-refractivity contribution in [2.24, 2.45) is 11.8 Å². The maximum absolute atomic E-state index is 13.1. The number of hydrogen-bond donors (Lipinski definition) is 2. The minimum atomic E-state index is -4.36. The number of halogens is 3. The summed E-state index contributed by atoms with van der Waals surface area (Å²) in [7, 11) is 1.45. The second-order valence-electron chi connectivity index (χ2n) is 5.71. The van der Waals surface area contributed by atoms with Crippen molar-refractivity contribution in [2.75, 3.05) is 12.4 Å². The molecule has 2 unspecified atom stereocenters. The Bertz CT molecular complexity index is 560. The number of aliphatic hydroxyl groups excluding tert-OH is 1. The van der Waals surface area contributed by atoms with Gasteiger partial charge in [-0.1, -0.05) is 12.8 Å². The van der Waals surface area contributed by atoms with Crippen LogP contribution in [0, 0.1) is 11.8 Å². The first-order valence-electron chi connectivity index (χ1n) is 7.52. The van der Waals surface area contributed by atoms with Gasteiger partial charge < -0.3 is 15.2 Å². The number of alkyl halides is 3. The van der Waals surface area contributed by atoms with Gasteiger partial charge in [-0.3, -0.25) is 4.79 Å². The van der Waals surface area contributed by atoms with Gasteiger partial charge in [-0.05, 0) is 31.0 Å². The molecule has 0 saturated heterocycles. The molecule has 128 valence electrons. The molecule has 7 heteroatoms. The molecule has 23 heavy (non-hydrogen) atoms. The number of nitrogens with one attached hydrogen (secondary N) is 1. The SMILES string of the molecule is COc1ccc(NC(=O)C2CCCCC2C(F)(F)F)cc1CO. The predicted octanol–water partition coefficient (Wildman–Crippen LogP) is 3.49. The first kappa shape index (κ1) is 17.6. The highest BCUT2D eigenvalue weighted by Gasteiger charge is 2.48. The summed E-state index contributed by atoms with van der Waals surface area (Å²) in [5.41, 5.74) is 0.813. The van der Waals surface area contributed by atoms with Gasteiger partial charge in [-0.2, -0.15) is 13.2 Å². The highest BCUT2D eigenvalue weighted by molar-refractivity contribution is 5.93. The maximum atomic E-state index is 13.1. The molecule has 2 atom stereocenters. The third kappa shape index (κ3) is 4.16. The van der Waals surface area contributed by atoms with E-state index in [2.05, 4.69) is 5.32 Å². The zero-order chi connectivity index (χ0) is 17.0. The fraction of sp³-hybridized carbons (Fsp3) is 0.562. The lowest BCUT2D eigenvalue weighted by Crippen LogP contribution is -2.39. The Morgan fingerprint density at radius 2 is 2.04 bits per heavy atom.